The van der Waals surface area contributed by atoms with E-state index < -0.39 is 0 Å². The summed E-state index contributed by atoms with van der Waals surface area (Å²) in [6.45, 7) is 3.36. The van der Waals surface area contributed by atoms with Crippen molar-refractivity contribution in [3.8, 4) is 11.5 Å². The van der Waals surface area contributed by atoms with Gasteiger partial charge in [0.2, 0.25) is 0 Å². The maximum atomic E-state index is 13.9. The van der Waals surface area contributed by atoms with Crippen molar-refractivity contribution in [2.45, 2.75) is 38.4 Å². The molecular formula is C26H29FN2O4. The maximum Gasteiger partial charge on any atom is 0.287 e. The average molecular weight is 453 g/mol. The zero-order valence-electron chi connectivity index (χ0n) is 19.1. The third-order valence-corrected chi connectivity index (χ3v) is 6.18. The Morgan fingerprint density at radius 1 is 1.18 bits per heavy atom. The first-order valence-electron chi connectivity index (χ1n) is 11.1. The van der Waals surface area contributed by atoms with Crippen molar-refractivity contribution in [3.63, 3.8) is 0 Å². The molecule has 1 N–H and O–H groups in total. The fraction of sp³-hybridized carbons (Fsp3) is 0.346. The van der Waals surface area contributed by atoms with Gasteiger partial charge in [-0.25, -0.2) is 4.39 Å². The lowest BCUT2D eigenvalue weighted by atomic mass is 9.86. The van der Waals surface area contributed by atoms with Gasteiger partial charge in [0.1, 0.15) is 5.82 Å². The quantitative estimate of drug-likeness (QED) is 0.535. The van der Waals surface area contributed by atoms with E-state index in [-0.39, 0.29) is 29.6 Å². The molecule has 3 aromatic rings. The van der Waals surface area contributed by atoms with E-state index in [1.807, 2.05) is 25.1 Å². The van der Waals surface area contributed by atoms with Gasteiger partial charge >= 0.3 is 0 Å². The summed E-state index contributed by atoms with van der Waals surface area (Å²) in [5, 5.41) is 3.15. The number of carbonyl (C=O) groups excluding carboxylic acids is 1. The van der Waals surface area contributed by atoms with Gasteiger partial charge in [0.05, 0.1) is 26.5 Å². The zero-order valence-corrected chi connectivity index (χ0v) is 19.1. The van der Waals surface area contributed by atoms with Crippen LogP contribution in [0.1, 0.15) is 46.6 Å². The monoisotopic (exact) mass is 452 g/mol. The van der Waals surface area contributed by atoms with E-state index in [1.165, 1.54) is 12.3 Å². The third-order valence-electron chi connectivity index (χ3n) is 6.18. The van der Waals surface area contributed by atoms with Gasteiger partial charge in [0.25, 0.3) is 5.91 Å². The van der Waals surface area contributed by atoms with Crippen molar-refractivity contribution in [1.29, 1.82) is 0 Å². The number of ether oxygens (including phenoxy) is 2. The van der Waals surface area contributed by atoms with Gasteiger partial charge < -0.3 is 19.2 Å². The van der Waals surface area contributed by atoms with Gasteiger partial charge in [-0.05, 0) is 65.9 Å². The van der Waals surface area contributed by atoms with Crippen LogP contribution in [0, 0.1) is 5.82 Å². The number of benzene rings is 2. The molecule has 1 aliphatic rings. The van der Waals surface area contributed by atoms with Crippen LogP contribution in [0.5, 0.6) is 11.5 Å². The summed E-state index contributed by atoms with van der Waals surface area (Å²) in [6.07, 6.45) is 2.99. The molecule has 0 spiro atoms. The number of carbonyl (C=O) groups is 1. The minimum absolute atomic E-state index is 0.138. The Hall–Kier alpha value is -3.32. The summed E-state index contributed by atoms with van der Waals surface area (Å²) in [5.41, 5.74) is 3.11. The highest BCUT2D eigenvalue weighted by atomic mass is 19.1. The van der Waals surface area contributed by atoms with Crippen LogP contribution >= 0.6 is 0 Å². The SMILES string of the molecule is CCC(NC(=O)c1ccco1)C1c2cc(OC)c(OC)cc2CCN1Cc1cccc(F)c1. The van der Waals surface area contributed by atoms with E-state index in [2.05, 4.69) is 10.2 Å². The summed E-state index contributed by atoms with van der Waals surface area (Å²) in [6, 6.07) is 13.7. The van der Waals surface area contributed by atoms with Gasteiger partial charge in [-0.15, -0.1) is 0 Å². The van der Waals surface area contributed by atoms with Crippen molar-refractivity contribution in [1.82, 2.24) is 10.2 Å². The summed E-state index contributed by atoms with van der Waals surface area (Å²) in [5.74, 6) is 1.08. The second-order valence-electron chi connectivity index (χ2n) is 8.17. The predicted molar refractivity (Wildman–Crippen MR) is 123 cm³/mol. The van der Waals surface area contributed by atoms with E-state index in [9.17, 15) is 9.18 Å². The number of halogens is 1. The third kappa shape index (κ3) is 4.88. The lowest BCUT2D eigenvalue weighted by Crippen LogP contribution is -2.48. The van der Waals surface area contributed by atoms with Crippen molar-refractivity contribution in [3.05, 3.63) is 83.1 Å². The van der Waals surface area contributed by atoms with Gasteiger partial charge in [-0.3, -0.25) is 9.69 Å². The van der Waals surface area contributed by atoms with Gasteiger partial charge in [-0.1, -0.05) is 19.1 Å². The second kappa shape index (κ2) is 10.1. The lowest BCUT2D eigenvalue weighted by Gasteiger charge is -2.42. The molecule has 1 aromatic heterocycles. The number of hydrogen-bond acceptors (Lipinski definition) is 5. The molecule has 174 valence electrons. The number of nitrogens with zero attached hydrogens (tertiary/aromatic N) is 1. The first kappa shape index (κ1) is 22.9. The second-order valence-corrected chi connectivity index (χ2v) is 8.17. The van der Waals surface area contributed by atoms with Gasteiger partial charge in [0, 0.05) is 19.1 Å². The highest BCUT2D eigenvalue weighted by molar-refractivity contribution is 5.91. The highest BCUT2D eigenvalue weighted by Crippen LogP contribution is 2.40. The fourth-order valence-electron chi connectivity index (χ4n) is 4.60. The molecule has 2 atom stereocenters. The van der Waals surface area contributed by atoms with Crippen molar-refractivity contribution >= 4 is 5.91 Å². The molecule has 0 saturated heterocycles. The van der Waals surface area contributed by atoms with Crippen molar-refractivity contribution in [2.75, 3.05) is 20.8 Å². The largest absolute Gasteiger partial charge is 0.493 e. The molecule has 2 heterocycles. The lowest BCUT2D eigenvalue weighted by molar-refractivity contribution is 0.0833. The minimum atomic E-state index is -0.259. The Kier molecular flexibility index (Phi) is 6.99. The normalized spacial score (nSPS) is 16.7. The van der Waals surface area contributed by atoms with Gasteiger partial charge in [0.15, 0.2) is 17.3 Å². The molecule has 7 heteroatoms. The molecule has 33 heavy (non-hydrogen) atoms. The molecule has 0 fully saturated rings. The smallest absolute Gasteiger partial charge is 0.287 e. The minimum Gasteiger partial charge on any atom is -0.493 e. The van der Waals surface area contributed by atoms with Gasteiger partial charge in [-0.2, -0.15) is 0 Å². The zero-order chi connectivity index (χ0) is 23.4. The van der Waals surface area contributed by atoms with Crippen LogP contribution in [0.25, 0.3) is 0 Å². The topological polar surface area (TPSA) is 63.9 Å². The molecule has 4 rings (SSSR count). The van der Waals surface area contributed by atoms with E-state index in [0.717, 1.165) is 29.7 Å². The Morgan fingerprint density at radius 2 is 1.97 bits per heavy atom. The molecular weight excluding hydrogens is 423 g/mol. The Labute approximate surface area is 193 Å². The fourth-order valence-corrected chi connectivity index (χ4v) is 4.60. The van der Waals surface area contributed by atoms with Crippen LogP contribution in [-0.4, -0.2) is 37.6 Å². The molecule has 1 amide bonds. The van der Waals surface area contributed by atoms with Crippen LogP contribution in [0.4, 0.5) is 4.39 Å². The van der Waals surface area contributed by atoms with Crippen LogP contribution in [0.2, 0.25) is 0 Å². The van der Waals surface area contributed by atoms with Crippen molar-refractivity contribution < 1.29 is 23.1 Å². The van der Waals surface area contributed by atoms with E-state index in [1.54, 1.807) is 38.5 Å². The predicted octanol–water partition coefficient (Wildman–Crippen LogP) is 4.74. The standard InChI is InChI=1S/C26H29FN2O4/c1-4-21(28-26(30)22-9-6-12-33-22)25-20-15-24(32-3)23(31-2)14-18(20)10-11-29(25)16-17-7-5-8-19(27)13-17/h5-9,12-15,21,25H,4,10-11,16H2,1-3H3,(H,28,30). The number of fused-ring (bicyclic) bond motifs is 1. The molecule has 0 saturated carbocycles. The van der Waals surface area contributed by atoms with Crippen LogP contribution in [0.3, 0.4) is 0 Å². The summed E-state index contributed by atoms with van der Waals surface area (Å²) < 4.78 is 30.3. The molecule has 2 aromatic carbocycles. The number of hydrogen-bond donors (Lipinski definition) is 1. The molecule has 0 aliphatic carbocycles. The molecule has 0 bridgehead atoms. The molecule has 0 radical (unpaired) electrons. The molecule has 6 nitrogen and oxygen atoms in total. The Morgan fingerprint density at radius 3 is 2.64 bits per heavy atom. The van der Waals surface area contributed by atoms with E-state index in [0.29, 0.717) is 24.5 Å². The number of nitrogens with one attached hydrogen (secondary N) is 1. The summed E-state index contributed by atoms with van der Waals surface area (Å²) in [7, 11) is 3.24. The van der Waals surface area contributed by atoms with Crippen LogP contribution < -0.4 is 14.8 Å². The average Bonchev–Trinajstić information content (AvgIpc) is 3.37. The number of furan rings is 1. The number of amides is 1. The molecule has 1 aliphatic heterocycles. The van der Waals surface area contributed by atoms with E-state index in [4.69, 9.17) is 13.9 Å². The Balaban J connectivity index is 1.73. The first-order chi connectivity index (χ1) is 16.0. The van der Waals surface area contributed by atoms with E-state index >= 15 is 0 Å². The van der Waals surface area contributed by atoms with Crippen LogP contribution in [-0.2, 0) is 13.0 Å². The maximum absolute atomic E-state index is 13.9. The summed E-state index contributed by atoms with van der Waals surface area (Å²) in [4.78, 5) is 15.1. The Bertz CT molecular complexity index is 1100. The first-order valence-corrected chi connectivity index (χ1v) is 11.1. The summed E-state index contributed by atoms with van der Waals surface area (Å²) >= 11 is 0. The van der Waals surface area contributed by atoms with Crippen LogP contribution in [0.15, 0.2) is 59.2 Å². The number of rotatable bonds is 8. The molecule has 2 unspecified atom stereocenters. The number of methoxy groups -OCH3 is 2. The van der Waals surface area contributed by atoms with Crippen molar-refractivity contribution in [2.24, 2.45) is 0 Å². The highest BCUT2D eigenvalue weighted by Gasteiger charge is 2.35.